The summed E-state index contributed by atoms with van der Waals surface area (Å²) < 4.78 is 23.7. The molecular weight excluding hydrogens is 556 g/mol. The number of carbonyl (C=O) groups is 3. The molecule has 3 heterocycles. The van der Waals surface area contributed by atoms with Crippen molar-refractivity contribution in [2.75, 3.05) is 6.61 Å². The topological polar surface area (TPSA) is 149 Å². The molecule has 0 aromatic heterocycles. The van der Waals surface area contributed by atoms with Crippen molar-refractivity contribution in [1.82, 2.24) is 0 Å². The third-order valence-electron chi connectivity index (χ3n) is 12.3. The number of allylic oxidation sites excluding steroid dienone is 3. The van der Waals surface area contributed by atoms with Gasteiger partial charge in [-0.2, -0.15) is 0 Å². The Labute approximate surface area is 252 Å². The number of rotatable bonds is 4. The van der Waals surface area contributed by atoms with Crippen LogP contribution in [0.25, 0.3) is 0 Å². The molecule has 3 N–H and O–H groups in total. The van der Waals surface area contributed by atoms with Crippen molar-refractivity contribution in [1.29, 1.82) is 0 Å². The number of ether oxygens (including phenoxy) is 4. The summed E-state index contributed by atoms with van der Waals surface area (Å²) in [5, 5.41) is 34.4. The fraction of sp³-hybridized carbons (Fsp3) is 0.727. The van der Waals surface area contributed by atoms with Crippen molar-refractivity contribution in [2.24, 2.45) is 39.9 Å². The summed E-state index contributed by atoms with van der Waals surface area (Å²) in [6, 6.07) is 0. The van der Waals surface area contributed by atoms with Crippen LogP contribution >= 0.6 is 0 Å². The third-order valence-corrected chi connectivity index (χ3v) is 12.3. The molecule has 0 aromatic rings. The highest BCUT2D eigenvalue weighted by Gasteiger charge is 2.76. The van der Waals surface area contributed by atoms with E-state index in [4.69, 9.17) is 18.9 Å². The van der Waals surface area contributed by atoms with E-state index in [0.717, 1.165) is 11.1 Å². The van der Waals surface area contributed by atoms with Gasteiger partial charge < -0.3 is 34.3 Å². The highest BCUT2D eigenvalue weighted by molar-refractivity contribution is 5.97. The van der Waals surface area contributed by atoms with Gasteiger partial charge in [0.2, 0.25) is 6.29 Å². The van der Waals surface area contributed by atoms with Gasteiger partial charge in [-0.3, -0.25) is 9.59 Å². The first-order valence-corrected chi connectivity index (χ1v) is 15.4. The second-order valence-corrected chi connectivity index (χ2v) is 14.3. The van der Waals surface area contributed by atoms with Crippen LogP contribution in [0.3, 0.4) is 0 Å². The molecule has 6 rings (SSSR count). The minimum atomic E-state index is -1.37. The molecule has 0 aromatic carbocycles. The van der Waals surface area contributed by atoms with Gasteiger partial charge in [-0.25, -0.2) is 4.79 Å². The van der Waals surface area contributed by atoms with E-state index in [1.807, 2.05) is 27.7 Å². The van der Waals surface area contributed by atoms with Crippen LogP contribution in [-0.4, -0.2) is 76.6 Å². The van der Waals surface area contributed by atoms with Crippen LogP contribution in [0.2, 0.25) is 0 Å². The predicted octanol–water partition coefficient (Wildman–Crippen LogP) is 2.74. The van der Waals surface area contributed by atoms with E-state index in [2.05, 4.69) is 6.92 Å². The Kier molecular flexibility index (Phi) is 7.18. The van der Waals surface area contributed by atoms with Gasteiger partial charge in [0.15, 0.2) is 12.1 Å². The third kappa shape index (κ3) is 4.06. The molecule has 10 heteroatoms. The largest absolute Gasteiger partial charge is 0.462 e. The molecule has 10 nitrogen and oxygen atoms in total. The van der Waals surface area contributed by atoms with E-state index in [-0.39, 0.29) is 30.6 Å². The molecule has 3 aliphatic heterocycles. The first-order chi connectivity index (χ1) is 20.1. The molecule has 6 aliphatic rings. The van der Waals surface area contributed by atoms with Crippen LogP contribution < -0.4 is 0 Å². The smallest absolute Gasteiger partial charge is 0.333 e. The van der Waals surface area contributed by atoms with Gasteiger partial charge in [0.1, 0.15) is 6.10 Å². The highest BCUT2D eigenvalue weighted by atomic mass is 16.6. The molecule has 0 amide bonds. The molecule has 3 aliphatic carbocycles. The minimum Gasteiger partial charge on any atom is -0.462 e. The summed E-state index contributed by atoms with van der Waals surface area (Å²) in [6.45, 7) is 13.3. The zero-order valence-electron chi connectivity index (χ0n) is 26.0. The van der Waals surface area contributed by atoms with Gasteiger partial charge in [-0.15, -0.1) is 0 Å². The first-order valence-electron chi connectivity index (χ1n) is 15.4. The summed E-state index contributed by atoms with van der Waals surface area (Å²) in [4.78, 5) is 38.6. The van der Waals surface area contributed by atoms with E-state index >= 15 is 0 Å². The Morgan fingerprint density at radius 2 is 1.79 bits per heavy atom. The quantitative estimate of drug-likeness (QED) is 0.250. The Hall–Kier alpha value is -2.37. The Bertz CT molecular complexity index is 1350. The maximum Gasteiger partial charge on any atom is 0.333 e. The molecule has 2 saturated carbocycles. The summed E-state index contributed by atoms with van der Waals surface area (Å²) in [7, 11) is 0. The summed E-state index contributed by atoms with van der Waals surface area (Å²) in [5.41, 5.74) is 0.227. The number of Topliss-reactive ketones (excluding diaryl/α,β-unsaturated/α-hetero) is 1. The molecule has 2 saturated heterocycles. The van der Waals surface area contributed by atoms with Crippen molar-refractivity contribution in [3.8, 4) is 0 Å². The summed E-state index contributed by atoms with van der Waals surface area (Å²) >= 11 is 0. The zero-order chi connectivity index (χ0) is 31.4. The lowest BCUT2D eigenvalue weighted by molar-refractivity contribution is -0.237. The number of cyclic esters (lactones) is 1. The average Bonchev–Trinajstić information content (AvgIpc) is 3.56. The molecule has 0 bridgehead atoms. The Morgan fingerprint density at radius 1 is 1.09 bits per heavy atom. The zero-order valence-corrected chi connectivity index (χ0v) is 26.0. The van der Waals surface area contributed by atoms with Gasteiger partial charge >= 0.3 is 11.9 Å². The monoisotopic (exact) mass is 600 g/mol. The van der Waals surface area contributed by atoms with E-state index in [1.165, 1.54) is 13.0 Å². The van der Waals surface area contributed by atoms with Gasteiger partial charge in [-0.05, 0) is 56.1 Å². The van der Waals surface area contributed by atoms with Gasteiger partial charge in [0.05, 0.1) is 24.9 Å². The number of ketones is 1. The molecule has 0 spiro atoms. The fourth-order valence-electron chi connectivity index (χ4n) is 10.5. The fourth-order valence-corrected chi connectivity index (χ4v) is 10.5. The van der Waals surface area contributed by atoms with E-state index < -0.39 is 77.0 Å². The number of esters is 2. The van der Waals surface area contributed by atoms with Gasteiger partial charge in [0.25, 0.3) is 0 Å². The molecule has 1 unspecified atom stereocenters. The second kappa shape index (κ2) is 10.1. The maximum atomic E-state index is 14.3. The van der Waals surface area contributed by atoms with E-state index in [9.17, 15) is 29.7 Å². The van der Waals surface area contributed by atoms with Crippen molar-refractivity contribution in [2.45, 2.75) is 105 Å². The van der Waals surface area contributed by atoms with E-state index in [0.29, 0.717) is 24.0 Å². The molecule has 43 heavy (non-hydrogen) atoms. The predicted molar refractivity (Wildman–Crippen MR) is 152 cm³/mol. The van der Waals surface area contributed by atoms with Gasteiger partial charge in [-0.1, -0.05) is 32.4 Å². The first kappa shape index (κ1) is 30.6. The number of carbonyl (C=O) groups excluding carboxylic acids is 3. The highest BCUT2D eigenvalue weighted by Crippen LogP contribution is 2.73. The Morgan fingerprint density at radius 3 is 2.40 bits per heavy atom. The Balaban J connectivity index is 1.56. The number of fused-ring (bicyclic) bond motifs is 4. The number of hydrogen-bond acceptors (Lipinski definition) is 10. The van der Waals surface area contributed by atoms with Crippen molar-refractivity contribution >= 4 is 17.7 Å². The van der Waals surface area contributed by atoms with Crippen LogP contribution in [0, 0.1) is 39.9 Å². The minimum absolute atomic E-state index is 0.0466. The van der Waals surface area contributed by atoms with Crippen molar-refractivity contribution in [3.05, 3.63) is 34.4 Å². The van der Waals surface area contributed by atoms with Crippen LogP contribution in [0.5, 0.6) is 0 Å². The normalized spacial score (nSPS) is 49.0. The summed E-state index contributed by atoms with van der Waals surface area (Å²) in [6.07, 6.45) is -1.49. The van der Waals surface area contributed by atoms with Crippen LogP contribution in [0.1, 0.15) is 67.7 Å². The lowest BCUT2D eigenvalue weighted by atomic mass is 9.37. The number of aliphatic hydroxyl groups is 3. The number of hydrogen-bond donors (Lipinski definition) is 3. The van der Waals surface area contributed by atoms with Gasteiger partial charge in [0, 0.05) is 53.6 Å². The van der Waals surface area contributed by atoms with E-state index in [1.54, 1.807) is 13.0 Å². The molecule has 4 fully saturated rings. The van der Waals surface area contributed by atoms with Crippen molar-refractivity contribution in [3.63, 3.8) is 0 Å². The number of aliphatic hydroxyl groups excluding tert-OH is 3. The maximum absolute atomic E-state index is 14.3. The molecule has 13 atom stereocenters. The standard InChI is InChI=1S/C33H44O10/c1-8-14(2)26(37)19-11-22(41-16(4)34)31(5)13-40-27-28(31)32(19,6)21-12-24(36)42-20-9-17(18-10-23(35)43-30(18)39)15(3)25(20)33(21,7)29(27)38/h8,10,17,19-22,24,27-30,36,38-39H,9,11-13H2,1-7H3/b14-8+/t17-,19-,20-,21-,22-,24+,27-,28+,29-,30?,31-,32-,33-/m1/s1. The van der Waals surface area contributed by atoms with Crippen LogP contribution in [0.4, 0.5) is 0 Å². The molecule has 236 valence electrons. The SMILES string of the molecule is C/C=C(\C)C(=O)[C@H]1C[C@@H](OC(C)=O)[C@@]2(C)CO[C@H]3[C@@H](O)[C@@]4(C)C5=C(C)[C@H](C6=CC(=O)OC6O)C[C@H]5O[C@H](O)C[C@@H]4[C@]1(C)[C@@H]32. The molecular formula is C33H44O10. The summed E-state index contributed by atoms with van der Waals surface area (Å²) in [5.74, 6) is -2.86. The lowest BCUT2D eigenvalue weighted by Crippen LogP contribution is -2.71. The van der Waals surface area contributed by atoms with Crippen LogP contribution in [0.15, 0.2) is 34.4 Å². The van der Waals surface area contributed by atoms with Crippen molar-refractivity contribution < 1.29 is 48.7 Å². The van der Waals surface area contributed by atoms with Crippen LogP contribution in [-0.2, 0) is 33.3 Å². The lowest BCUT2D eigenvalue weighted by Gasteiger charge is -2.66. The average molecular weight is 601 g/mol. The second-order valence-electron chi connectivity index (χ2n) is 14.3. The molecule has 0 radical (unpaired) electrons.